The fraction of sp³-hybridized carbons (Fsp3) is 0.424. The van der Waals surface area contributed by atoms with E-state index in [-0.39, 0.29) is 30.0 Å². The van der Waals surface area contributed by atoms with Crippen LogP contribution in [-0.4, -0.2) is 17.6 Å². The van der Waals surface area contributed by atoms with Crippen molar-refractivity contribution in [3.8, 4) is 5.75 Å². The van der Waals surface area contributed by atoms with E-state index in [0.717, 1.165) is 33.7 Å². The van der Waals surface area contributed by atoms with Gasteiger partial charge in [-0.05, 0) is 59.6 Å². The summed E-state index contributed by atoms with van der Waals surface area (Å²) in [6, 6.07) is 19.1. The van der Waals surface area contributed by atoms with Crippen LogP contribution in [0.2, 0.25) is 0 Å². The van der Waals surface area contributed by atoms with Gasteiger partial charge in [-0.25, -0.2) is 0 Å². The molecule has 0 saturated carbocycles. The van der Waals surface area contributed by atoms with Crippen LogP contribution >= 0.6 is 0 Å². The number of fused-ring (bicyclic) bond motifs is 1. The lowest BCUT2D eigenvalue weighted by molar-refractivity contribution is -0.117. The molecule has 4 heteroatoms. The fourth-order valence-corrected chi connectivity index (χ4v) is 5.25. The maximum Gasteiger partial charge on any atom is 0.224 e. The van der Waals surface area contributed by atoms with E-state index in [4.69, 9.17) is 4.74 Å². The van der Waals surface area contributed by atoms with Gasteiger partial charge < -0.3 is 15.2 Å². The SMILES string of the molecule is Cc1ccc(C2Oc3c(Cc4ccc(C(C)C)cc4)cc(NC(=O)CC(C)(C)C)cc3C2CO)c(C)c1. The van der Waals surface area contributed by atoms with Crippen LogP contribution in [0.5, 0.6) is 5.75 Å². The lowest BCUT2D eigenvalue weighted by Gasteiger charge is -2.20. The van der Waals surface area contributed by atoms with Gasteiger partial charge in [0.15, 0.2) is 0 Å². The molecule has 4 rings (SSSR count). The maximum atomic E-state index is 12.8. The molecular weight excluding hydrogens is 458 g/mol. The van der Waals surface area contributed by atoms with E-state index < -0.39 is 0 Å². The van der Waals surface area contributed by atoms with E-state index in [1.54, 1.807) is 0 Å². The number of aliphatic hydroxyl groups excluding tert-OH is 1. The maximum absolute atomic E-state index is 12.8. The van der Waals surface area contributed by atoms with Crippen LogP contribution < -0.4 is 10.1 Å². The third-order valence-electron chi connectivity index (χ3n) is 7.15. The van der Waals surface area contributed by atoms with Gasteiger partial charge in [0.25, 0.3) is 0 Å². The molecule has 0 saturated heterocycles. The quantitative estimate of drug-likeness (QED) is 0.352. The van der Waals surface area contributed by atoms with Gasteiger partial charge in [0, 0.05) is 29.7 Å². The van der Waals surface area contributed by atoms with Crippen molar-refractivity contribution in [3.05, 3.63) is 93.5 Å². The molecule has 2 atom stereocenters. The van der Waals surface area contributed by atoms with Crippen LogP contribution in [0.25, 0.3) is 0 Å². The van der Waals surface area contributed by atoms with Gasteiger partial charge in [-0.2, -0.15) is 0 Å². The lowest BCUT2D eigenvalue weighted by atomic mass is 9.87. The lowest BCUT2D eigenvalue weighted by Crippen LogP contribution is -2.20. The smallest absolute Gasteiger partial charge is 0.224 e. The molecular formula is C33H41NO3. The summed E-state index contributed by atoms with van der Waals surface area (Å²) in [5.41, 5.74) is 8.56. The van der Waals surface area contributed by atoms with E-state index in [9.17, 15) is 9.90 Å². The van der Waals surface area contributed by atoms with Gasteiger partial charge in [0.2, 0.25) is 5.91 Å². The molecule has 2 N–H and O–H groups in total. The normalized spacial score (nSPS) is 17.0. The van der Waals surface area contributed by atoms with E-state index in [1.165, 1.54) is 16.7 Å². The predicted molar refractivity (Wildman–Crippen MR) is 152 cm³/mol. The Hall–Kier alpha value is -3.11. The van der Waals surface area contributed by atoms with Gasteiger partial charge in [-0.15, -0.1) is 0 Å². The zero-order valence-electron chi connectivity index (χ0n) is 23.3. The summed E-state index contributed by atoms with van der Waals surface area (Å²) >= 11 is 0. The zero-order chi connectivity index (χ0) is 26.9. The molecule has 196 valence electrons. The van der Waals surface area contributed by atoms with Crippen molar-refractivity contribution >= 4 is 11.6 Å². The summed E-state index contributed by atoms with van der Waals surface area (Å²) < 4.78 is 6.65. The average molecular weight is 500 g/mol. The van der Waals surface area contributed by atoms with Crippen LogP contribution in [0.4, 0.5) is 5.69 Å². The highest BCUT2D eigenvalue weighted by Gasteiger charge is 2.38. The van der Waals surface area contributed by atoms with Gasteiger partial charge in [0.1, 0.15) is 11.9 Å². The molecule has 0 fully saturated rings. The first kappa shape index (κ1) is 26.9. The Labute approximate surface area is 222 Å². The van der Waals surface area contributed by atoms with Crippen molar-refractivity contribution in [1.29, 1.82) is 0 Å². The Kier molecular flexibility index (Phi) is 7.80. The molecule has 1 heterocycles. The number of rotatable bonds is 7. The first-order valence-electron chi connectivity index (χ1n) is 13.4. The summed E-state index contributed by atoms with van der Waals surface area (Å²) in [5, 5.41) is 13.6. The van der Waals surface area contributed by atoms with Crippen LogP contribution in [0, 0.1) is 19.3 Å². The molecule has 1 aliphatic heterocycles. The average Bonchev–Trinajstić information content (AvgIpc) is 3.16. The molecule has 1 aliphatic rings. The first-order valence-corrected chi connectivity index (χ1v) is 13.4. The number of amides is 1. The van der Waals surface area contributed by atoms with E-state index in [0.29, 0.717) is 18.8 Å². The van der Waals surface area contributed by atoms with Gasteiger partial charge in [0.05, 0.1) is 12.5 Å². The first-order chi connectivity index (χ1) is 17.4. The molecule has 0 aromatic heterocycles. The Morgan fingerprint density at radius 3 is 2.30 bits per heavy atom. The predicted octanol–water partition coefficient (Wildman–Crippen LogP) is 7.60. The second-order valence-corrected chi connectivity index (χ2v) is 12.1. The van der Waals surface area contributed by atoms with Crippen molar-refractivity contribution in [1.82, 2.24) is 0 Å². The van der Waals surface area contributed by atoms with Crippen molar-refractivity contribution in [2.24, 2.45) is 5.41 Å². The highest BCUT2D eigenvalue weighted by atomic mass is 16.5. The van der Waals surface area contributed by atoms with Crippen LogP contribution in [0.1, 0.15) is 97.9 Å². The Bertz CT molecular complexity index is 1270. The van der Waals surface area contributed by atoms with Crippen LogP contribution in [0.15, 0.2) is 54.6 Å². The number of hydrogen-bond acceptors (Lipinski definition) is 3. The topological polar surface area (TPSA) is 58.6 Å². The standard InChI is InChI=1S/C33H41NO3/c1-20(2)24-11-9-23(10-12-24)15-25-16-26(34-30(36)18-33(5,6)7)17-28-29(19-35)32(37-31(25)28)27-13-8-21(3)14-22(27)4/h8-14,16-17,20,29,32,35H,15,18-19H2,1-7H3,(H,34,36). The molecule has 2 unspecified atom stereocenters. The number of anilines is 1. The minimum absolute atomic E-state index is 0.00919. The highest BCUT2D eigenvalue weighted by Crippen LogP contribution is 2.50. The summed E-state index contributed by atoms with van der Waals surface area (Å²) in [7, 11) is 0. The molecule has 0 bridgehead atoms. The fourth-order valence-electron chi connectivity index (χ4n) is 5.25. The number of benzene rings is 3. The van der Waals surface area contributed by atoms with Gasteiger partial charge in [-0.1, -0.05) is 82.6 Å². The molecule has 1 amide bonds. The molecule has 3 aromatic carbocycles. The Morgan fingerprint density at radius 2 is 1.70 bits per heavy atom. The minimum Gasteiger partial charge on any atom is -0.484 e. The molecule has 0 aliphatic carbocycles. The van der Waals surface area contributed by atoms with E-state index in [2.05, 4.69) is 96.2 Å². The van der Waals surface area contributed by atoms with Crippen molar-refractivity contribution < 1.29 is 14.6 Å². The number of aliphatic hydroxyl groups is 1. The molecule has 0 spiro atoms. The van der Waals surface area contributed by atoms with Crippen molar-refractivity contribution in [2.75, 3.05) is 11.9 Å². The van der Waals surface area contributed by atoms with Crippen LogP contribution in [0.3, 0.4) is 0 Å². The van der Waals surface area contributed by atoms with E-state index in [1.807, 2.05) is 12.1 Å². The summed E-state index contributed by atoms with van der Waals surface area (Å²) in [6.07, 6.45) is 0.839. The van der Waals surface area contributed by atoms with Crippen LogP contribution in [-0.2, 0) is 11.2 Å². The monoisotopic (exact) mass is 499 g/mol. The molecule has 0 radical (unpaired) electrons. The number of hydrogen-bond donors (Lipinski definition) is 2. The molecule has 4 nitrogen and oxygen atoms in total. The van der Waals surface area contributed by atoms with Crippen molar-refractivity contribution in [3.63, 3.8) is 0 Å². The summed E-state index contributed by atoms with van der Waals surface area (Å²) in [5.74, 6) is 1.08. The molecule has 3 aromatic rings. The third kappa shape index (κ3) is 6.24. The second-order valence-electron chi connectivity index (χ2n) is 12.1. The summed E-state index contributed by atoms with van der Waals surface area (Å²) in [6.45, 7) is 14.7. The highest BCUT2D eigenvalue weighted by molar-refractivity contribution is 5.91. The number of aryl methyl sites for hydroxylation is 2. The largest absolute Gasteiger partial charge is 0.484 e. The van der Waals surface area contributed by atoms with Crippen molar-refractivity contribution in [2.45, 2.75) is 79.2 Å². The summed E-state index contributed by atoms with van der Waals surface area (Å²) in [4.78, 5) is 12.8. The second kappa shape index (κ2) is 10.7. The zero-order valence-corrected chi connectivity index (χ0v) is 23.3. The minimum atomic E-state index is -0.275. The number of ether oxygens (including phenoxy) is 1. The van der Waals surface area contributed by atoms with Gasteiger partial charge in [-0.3, -0.25) is 4.79 Å². The Morgan fingerprint density at radius 1 is 1.00 bits per heavy atom. The van der Waals surface area contributed by atoms with E-state index >= 15 is 0 Å². The number of carbonyl (C=O) groups excluding carboxylic acids is 1. The van der Waals surface area contributed by atoms with Gasteiger partial charge >= 0.3 is 0 Å². The molecule has 37 heavy (non-hydrogen) atoms. The Balaban J connectivity index is 1.74. The number of carbonyl (C=O) groups is 1. The third-order valence-corrected chi connectivity index (χ3v) is 7.15. The number of nitrogens with one attached hydrogen (secondary N) is 1.